The molecule has 0 saturated carbocycles. The normalized spacial score (nSPS) is 11.7. The van der Waals surface area contributed by atoms with Gasteiger partial charge in [0.05, 0.1) is 16.7 Å². The highest BCUT2D eigenvalue weighted by Crippen LogP contribution is 2.24. The van der Waals surface area contributed by atoms with E-state index in [0.717, 1.165) is 10.8 Å². The van der Waals surface area contributed by atoms with Crippen LogP contribution in [0.25, 0.3) is 21.8 Å². The largest absolute Gasteiger partial charge is 0.279 e. The molecule has 2 heterocycles. The predicted molar refractivity (Wildman–Crippen MR) is 94.3 cm³/mol. The Labute approximate surface area is 139 Å². The summed E-state index contributed by atoms with van der Waals surface area (Å²) in [5.74, 6) is 0. The highest BCUT2D eigenvalue weighted by Gasteiger charge is 2.17. The molecule has 1 N–H and O–H groups in total. The van der Waals surface area contributed by atoms with E-state index in [1.807, 2.05) is 36.4 Å². The van der Waals surface area contributed by atoms with E-state index < -0.39 is 10.0 Å². The predicted octanol–water partition coefficient (Wildman–Crippen LogP) is 3.58. The summed E-state index contributed by atoms with van der Waals surface area (Å²) in [6.45, 7) is 0. The molecule has 24 heavy (non-hydrogen) atoms. The van der Waals surface area contributed by atoms with Crippen LogP contribution in [0.1, 0.15) is 0 Å². The van der Waals surface area contributed by atoms with Gasteiger partial charge in [-0.15, -0.1) is 0 Å². The van der Waals surface area contributed by atoms with Crippen molar-refractivity contribution in [2.75, 3.05) is 4.72 Å². The lowest BCUT2D eigenvalue weighted by molar-refractivity contribution is 0.598. The standard InChI is InChI=1S/C18H13N3O2S/c22-24(23,17-11-10-13-5-1-2-8-15(13)20-17)21-16-9-3-6-14-7-4-12-19-18(14)16/h1-12,21H. The molecule has 4 rings (SSSR count). The molecular weight excluding hydrogens is 322 g/mol. The molecule has 0 radical (unpaired) electrons. The van der Waals surface area contributed by atoms with Crippen molar-refractivity contribution in [3.8, 4) is 0 Å². The van der Waals surface area contributed by atoms with Crippen LogP contribution in [0.3, 0.4) is 0 Å². The molecular formula is C18H13N3O2S. The Hall–Kier alpha value is -2.99. The molecule has 0 saturated heterocycles. The fraction of sp³-hybridized carbons (Fsp3) is 0. The molecule has 0 amide bonds. The van der Waals surface area contributed by atoms with E-state index >= 15 is 0 Å². The van der Waals surface area contributed by atoms with Crippen LogP contribution in [0.2, 0.25) is 0 Å². The maximum absolute atomic E-state index is 12.7. The monoisotopic (exact) mass is 335 g/mol. The van der Waals surface area contributed by atoms with Crippen LogP contribution < -0.4 is 4.72 Å². The van der Waals surface area contributed by atoms with E-state index in [-0.39, 0.29) is 5.03 Å². The van der Waals surface area contributed by atoms with E-state index in [1.165, 1.54) is 6.07 Å². The summed E-state index contributed by atoms with van der Waals surface area (Å²) in [5.41, 5.74) is 1.67. The fourth-order valence-corrected chi connectivity index (χ4v) is 3.61. The van der Waals surface area contributed by atoms with E-state index in [1.54, 1.807) is 30.5 Å². The van der Waals surface area contributed by atoms with Gasteiger partial charge in [-0.05, 0) is 30.3 Å². The lowest BCUT2D eigenvalue weighted by Gasteiger charge is -2.10. The summed E-state index contributed by atoms with van der Waals surface area (Å²) < 4.78 is 28.0. The summed E-state index contributed by atoms with van der Waals surface area (Å²) in [5, 5.41) is 1.74. The molecule has 0 spiro atoms. The first-order valence-electron chi connectivity index (χ1n) is 7.36. The Morgan fingerprint density at radius 1 is 0.792 bits per heavy atom. The lowest BCUT2D eigenvalue weighted by atomic mass is 10.2. The molecule has 0 aliphatic rings. The third kappa shape index (κ3) is 2.57. The van der Waals surface area contributed by atoms with Crippen molar-refractivity contribution in [2.45, 2.75) is 5.03 Å². The average Bonchev–Trinajstić information content (AvgIpc) is 2.61. The van der Waals surface area contributed by atoms with Crippen molar-refractivity contribution >= 4 is 37.5 Å². The van der Waals surface area contributed by atoms with Crippen LogP contribution in [-0.4, -0.2) is 18.4 Å². The van der Waals surface area contributed by atoms with Gasteiger partial charge in [-0.3, -0.25) is 9.71 Å². The summed E-state index contributed by atoms with van der Waals surface area (Å²) in [6.07, 6.45) is 1.63. The third-order valence-corrected chi connectivity index (χ3v) is 4.99. The number of rotatable bonds is 3. The molecule has 2 aromatic heterocycles. The van der Waals surface area contributed by atoms with Gasteiger partial charge >= 0.3 is 0 Å². The first-order chi connectivity index (χ1) is 11.6. The third-order valence-electron chi connectivity index (χ3n) is 3.73. The molecule has 5 nitrogen and oxygen atoms in total. The highest BCUT2D eigenvalue weighted by atomic mass is 32.2. The van der Waals surface area contributed by atoms with Gasteiger partial charge in [0.2, 0.25) is 0 Å². The number of nitrogens with one attached hydrogen (secondary N) is 1. The van der Waals surface area contributed by atoms with E-state index in [9.17, 15) is 8.42 Å². The van der Waals surface area contributed by atoms with Gasteiger partial charge in [0.15, 0.2) is 5.03 Å². The summed E-state index contributed by atoms with van der Waals surface area (Å²) in [7, 11) is -3.80. The van der Waals surface area contributed by atoms with E-state index in [2.05, 4.69) is 14.7 Å². The molecule has 0 aliphatic carbocycles. The minimum absolute atomic E-state index is 0.0193. The molecule has 2 aromatic carbocycles. The van der Waals surface area contributed by atoms with Crippen LogP contribution in [0, 0.1) is 0 Å². The van der Waals surface area contributed by atoms with Crippen LogP contribution in [0.15, 0.2) is 78.0 Å². The first-order valence-corrected chi connectivity index (χ1v) is 8.84. The van der Waals surface area contributed by atoms with Gasteiger partial charge in [0.1, 0.15) is 0 Å². The quantitative estimate of drug-likeness (QED) is 0.621. The number of hydrogen-bond donors (Lipinski definition) is 1. The Balaban J connectivity index is 1.79. The minimum atomic E-state index is -3.80. The average molecular weight is 335 g/mol. The van der Waals surface area contributed by atoms with Gasteiger partial charge in [0, 0.05) is 17.0 Å². The number of sulfonamides is 1. The van der Waals surface area contributed by atoms with Crippen LogP contribution >= 0.6 is 0 Å². The number of benzene rings is 2. The topological polar surface area (TPSA) is 72.0 Å². The maximum atomic E-state index is 12.7. The first kappa shape index (κ1) is 14.6. The fourth-order valence-electron chi connectivity index (χ4n) is 2.58. The van der Waals surface area contributed by atoms with Crippen LogP contribution in [0.5, 0.6) is 0 Å². The number of aromatic nitrogens is 2. The summed E-state index contributed by atoms with van der Waals surface area (Å²) in [4.78, 5) is 8.51. The molecule has 0 unspecified atom stereocenters. The van der Waals surface area contributed by atoms with Crippen LogP contribution in [0.4, 0.5) is 5.69 Å². The smallest absolute Gasteiger partial charge is 0.276 e. The van der Waals surface area contributed by atoms with Gasteiger partial charge in [0.25, 0.3) is 10.0 Å². The molecule has 0 aliphatic heterocycles. The molecule has 0 fully saturated rings. The second-order valence-corrected chi connectivity index (χ2v) is 6.96. The van der Waals surface area contributed by atoms with Gasteiger partial charge in [-0.25, -0.2) is 4.98 Å². The number of nitrogens with zero attached hydrogens (tertiary/aromatic N) is 2. The van der Waals surface area contributed by atoms with Gasteiger partial charge in [-0.2, -0.15) is 8.42 Å². The minimum Gasteiger partial charge on any atom is -0.276 e. The number of anilines is 1. The second-order valence-electron chi connectivity index (χ2n) is 5.33. The van der Waals surface area contributed by atoms with Crippen molar-refractivity contribution in [2.24, 2.45) is 0 Å². The van der Waals surface area contributed by atoms with Gasteiger partial charge < -0.3 is 0 Å². The molecule has 118 valence electrons. The van der Waals surface area contributed by atoms with Gasteiger partial charge in [-0.1, -0.05) is 36.4 Å². The van der Waals surface area contributed by atoms with Crippen molar-refractivity contribution < 1.29 is 8.42 Å². The summed E-state index contributed by atoms with van der Waals surface area (Å²) >= 11 is 0. The molecule has 4 aromatic rings. The van der Waals surface area contributed by atoms with Crippen molar-refractivity contribution in [1.29, 1.82) is 0 Å². The Morgan fingerprint density at radius 3 is 2.50 bits per heavy atom. The number of pyridine rings is 2. The number of fused-ring (bicyclic) bond motifs is 2. The van der Waals surface area contributed by atoms with Crippen molar-refractivity contribution in [1.82, 2.24) is 9.97 Å². The van der Waals surface area contributed by atoms with Crippen molar-refractivity contribution in [3.63, 3.8) is 0 Å². The zero-order valence-electron chi connectivity index (χ0n) is 12.5. The van der Waals surface area contributed by atoms with Crippen molar-refractivity contribution in [3.05, 3.63) is 72.9 Å². The highest BCUT2D eigenvalue weighted by molar-refractivity contribution is 7.92. The zero-order chi connectivity index (χ0) is 16.6. The Kier molecular flexibility index (Phi) is 3.39. The molecule has 0 bridgehead atoms. The zero-order valence-corrected chi connectivity index (χ0v) is 13.4. The molecule has 6 heteroatoms. The summed E-state index contributed by atoms with van der Waals surface area (Å²) in [6, 6.07) is 19.7. The van der Waals surface area contributed by atoms with E-state index in [0.29, 0.717) is 16.7 Å². The maximum Gasteiger partial charge on any atom is 0.279 e. The number of para-hydroxylation sites is 2. The second kappa shape index (κ2) is 5.58. The lowest BCUT2D eigenvalue weighted by Crippen LogP contribution is -2.15. The molecule has 0 atom stereocenters. The van der Waals surface area contributed by atoms with Crippen LogP contribution in [-0.2, 0) is 10.0 Å². The van der Waals surface area contributed by atoms with E-state index in [4.69, 9.17) is 0 Å². The SMILES string of the molecule is O=S(=O)(Nc1cccc2cccnc12)c1ccc2ccccc2n1. The Morgan fingerprint density at radius 2 is 1.58 bits per heavy atom. The number of hydrogen-bond acceptors (Lipinski definition) is 4. The Bertz CT molecular complexity index is 1150.